The van der Waals surface area contributed by atoms with Crippen molar-refractivity contribution in [2.24, 2.45) is 11.7 Å². The zero-order valence-electron chi connectivity index (χ0n) is 14.3. The van der Waals surface area contributed by atoms with Gasteiger partial charge >= 0.3 is 0 Å². The van der Waals surface area contributed by atoms with Gasteiger partial charge in [0, 0.05) is 36.7 Å². The SMILES string of the molecule is CCC(C)C(N)C(=O)NCC1(N2CCSCC2)CCCCC1. The molecule has 0 radical (unpaired) electrons. The fraction of sp³-hybridized carbons (Fsp3) is 0.941. The summed E-state index contributed by atoms with van der Waals surface area (Å²) >= 11 is 2.05. The lowest BCUT2D eigenvalue weighted by molar-refractivity contribution is -0.124. The Morgan fingerprint density at radius 2 is 1.91 bits per heavy atom. The van der Waals surface area contributed by atoms with Crippen molar-refractivity contribution < 1.29 is 4.79 Å². The van der Waals surface area contributed by atoms with Crippen LogP contribution < -0.4 is 11.1 Å². The van der Waals surface area contributed by atoms with E-state index in [1.807, 2.05) is 11.8 Å². The monoisotopic (exact) mass is 327 g/mol. The van der Waals surface area contributed by atoms with Crippen molar-refractivity contribution in [3.05, 3.63) is 0 Å². The third-order valence-corrected chi connectivity index (χ3v) is 6.56. The second-order valence-corrected chi connectivity index (χ2v) is 8.24. The van der Waals surface area contributed by atoms with Crippen molar-refractivity contribution in [3.8, 4) is 0 Å². The molecule has 1 saturated heterocycles. The largest absolute Gasteiger partial charge is 0.353 e. The highest BCUT2D eigenvalue weighted by molar-refractivity contribution is 7.99. The maximum Gasteiger partial charge on any atom is 0.237 e. The number of hydrogen-bond acceptors (Lipinski definition) is 4. The zero-order valence-corrected chi connectivity index (χ0v) is 15.1. The van der Waals surface area contributed by atoms with Gasteiger partial charge in [0.25, 0.3) is 0 Å². The molecule has 1 saturated carbocycles. The van der Waals surface area contributed by atoms with Crippen molar-refractivity contribution in [1.29, 1.82) is 0 Å². The van der Waals surface area contributed by atoms with Gasteiger partial charge in [-0.3, -0.25) is 9.69 Å². The molecule has 0 spiro atoms. The lowest BCUT2D eigenvalue weighted by Crippen LogP contribution is -2.60. The third-order valence-electron chi connectivity index (χ3n) is 5.62. The Kier molecular flexibility index (Phi) is 7.03. The molecule has 22 heavy (non-hydrogen) atoms. The Morgan fingerprint density at radius 3 is 2.50 bits per heavy atom. The Bertz CT molecular complexity index is 352. The number of hydrogen-bond donors (Lipinski definition) is 2. The van der Waals surface area contributed by atoms with Crippen LogP contribution in [0.25, 0.3) is 0 Å². The molecule has 0 aromatic carbocycles. The summed E-state index contributed by atoms with van der Waals surface area (Å²) in [6, 6.07) is -0.373. The average Bonchev–Trinajstić information content (AvgIpc) is 2.59. The van der Waals surface area contributed by atoms with Gasteiger partial charge in [0.2, 0.25) is 5.91 Å². The fourth-order valence-electron chi connectivity index (χ4n) is 3.73. The van der Waals surface area contributed by atoms with Crippen LogP contribution in [0.3, 0.4) is 0 Å². The predicted molar refractivity (Wildman–Crippen MR) is 95.2 cm³/mol. The number of nitrogens with zero attached hydrogens (tertiary/aromatic N) is 1. The summed E-state index contributed by atoms with van der Waals surface area (Å²) in [4.78, 5) is 15.0. The second-order valence-electron chi connectivity index (χ2n) is 7.01. The van der Waals surface area contributed by atoms with Crippen molar-refractivity contribution in [1.82, 2.24) is 10.2 Å². The van der Waals surface area contributed by atoms with Crippen LogP contribution in [-0.2, 0) is 4.79 Å². The molecule has 2 fully saturated rings. The van der Waals surface area contributed by atoms with Crippen LogP contribution in [0.1, 0.15) is 52.4 Å². The van der Waals surface area contributed by atoms with E-state index in [9.17, 15) is 4.79 Å². The van der Waals surface area contributed by atoms with Crippen LogP contribution in [0.4, 0.5) is 0 Å². The van der Waals surface area contributed by atoms with Crippen LogP contribution in [0, 0.1) is 5.92 Å². The first-order valence-electron chi connectivity index (χ1n) is 8.95. The quantitative estimate of drug-likeness (QED) is 0.785. The predicted octanol–water partition coefficient (Wildman–Crippen LogP) is 2.23. The zero-order chi connectivity index (χ0) is 16.0. The number of amides is 1. The third kappa shape index (κ3) is 4.39. The molecule has 5 heteroatoms. The van der Waals surface area contributed by atoms with Crippen molar-refractivity contribution in [2.45, 2.75) is 64.0 Å². The molecule has 0 aromatic heterocycles. The molecule has 1 amide bonds. The first-order valence-corrected chi connectivity index (χ1v) is 10.1. The summed E-state index contributed by atoms with van der Waals surface area (Å²) in [6.07, 6.45) is 7.30. The maximum absolute atomic E-state index is 12.4. The Labute approximate surface area is 140 Å². The minimum atomic E-state index is -0.373. The minimum Gasteiger partial charge on any atom is -0.353 e. The molecule has 2 atom stereocenters. The minimum absolute atomic E-state index is 0.0330. The fourth-order valence-corrected chi connectivity index (χ4v) is 4.64. The molecule has 1 aliphatic heterocycles. The Balaban J connectivity index is 1.96. The van der Waals surface area contributed by atoms with Crippen LogP contribution >= 0.6 is 11.8 Å². The van der Waals surface area contributed by atoms with Gasteiger partial charge in [0.05, 0.1) is 6.04 Å². The number of carbonyl (C=O) groups excluding carboxylic acids is 1. The van der Waals surface area contributed by atoms with Crippen LogP contribution in [0.5, 0.6) is 0 Å². The molecule has 0 bridgehead atoms. The molecule has 1 heterocycles. The molecule has 2 unspecified atom stereocenters. The van der Waals surface area contributed by atoms with E-state index in [0.717, 1.165) is 26.1 Å². The first kappa shape index (κ1) is 18.1. The molecule has 0 aromatic rings. The number of nitrogens with two attached hydrogens (primary N) is 1. The highest BCUT2D eigenvalue weighted by Crippen LogP contribution is 2.34. The van der Waals surface area contributed by atoms with Gasteiger partial charge in [-0.1, -0.05) is 39.5 Å². The van der Waals surface area contributed by atoms with Gasteiger partial charge in [-0.05, 0) is 18.8 Å². The second kappa shape index (κ2) is 8.55. The molecule has 4 nitrogen and oxygen atoms in total. The molecule has 2 rings (SSSR count). The van der Waals surface area contributed by atoms with Crippen molar-refractivity contribution >= 4 is 17.7 Å². The number of thioether (sulfide) groups is 1. The lowest BCUT2D eigenvalue weighted by atomic mass is 9.79. The van der Waals surface area contributed by atoms with Crippen LogP contribution in [0.15, 0.2) is 0 Å². The summed E-state index contributed by atoms with van der Waals surface area (Å²) in [5.74, 6) is 2.73. The van der Waals surface area contributed by atoms with Gasteiger partial charge < -0.3 is 11.1 Å². The smallest absolute Gasteiger partial charge is 0.237 e. The van der Waals surface area contributed by atoms with E-state index < -0.39 is 0 Å². The Hall–Kier alpha value is -0.260. The molecule has 128 valence electrons. The highest BCUT2D eigenvalue weighted by atomic mass is 32.2. The highest BCUT2D eigenvalue weighted by Gasteiger charge is 2.39. The van der Waals surface area contributed by atoms with Crippen LogP contribution in [0.2, 0.25) is 0 Å². The first-order chi connectivity index (χ1) is 10.6. The van der Waals surface area contributed by atoms with E-state index in [1.54, 1.807) is 0 Å². The van der Waals surface area contributed by atoms with E-state index in [0.29, 0.717) is 0 Å². The van der Waals surface area contributed by atoms with E-state index in [-0.39, 0.29) is 23.4 Å². The summed E-state index contributed by atoms with van der Waals surface area (Å²) in [5.41, 5.74) is 6.26. The summed E-state index contributed by atoms with van der Waals surface area (Å²) in [7, 11) is 0. The molecule has 1 aliphatic carbocycles. The molecule has 2 aliphatic rings. The summed E-state index contributed by atoms with van der Waals surface area (Å²) in [6.45, 7) is 7.25. The molecular weight excluding hydrogens is 294 g/mol. The normalized spacial score (nSPS) is 25.4. The van der Waals surface area contributed by atoms with E-state index in [2.05, 4.69) is 24.1 Å². The lowest BCUT2D eigenvalue weighted by Gasteiger charge is -2.48. The number of carbonyl (C=O) groups is 1. The Morgan fingerprint density at radius 1 is 1.27 bits per heavy atom. The maximum atomic E-state index is 12.4. The van der Waals surface area contributed by atoms with E-state index in [1.165, 1.54) is 43.6 Å². The van der Waals surface area contributed by atoms with Crippen molar-refractivity contribution in [2.75, 3.05) is 31.1 Å². The number of rotatable bonds is 6. The van der Waals surface area contributed by atoms with Gasteiger partial charge in [-0.25, -0.2) is 0 Å². The van der Waals surface area contributed by atoms with Gasteiger partial charge in [0.15, 0.2) is 0 Å². The van der Waals surface area contributed by atoms with Gasteiger partial charge in [0.1, 0.15) is 0 Å². The average molecular weight is 328 g/mol. The topological polar surface area (TPSA) is 58.4 Å². The number of nitrogens with one attached hydrogen (secondary N) is 1. The molecular formula is C17H33N3OS. The standard InChI is InChI=1S/C17H33N3OS/c1-3-14(2)15(18)16(21)19-13-17(7-5-4-6-8-17)20-9-11-22-12-10-20/h14-15H,3-13,18H2,1-2H3,(H,19,21). The molecule has 3 N–H and O–H groups in total. The van der Waals surface area contributed by atoms with Gasteiger partial charge in [-0.2, -0.15) is 11.8 Å². The van der Waals surface area contributed by atoms with E-state index >= 15 is 0 Å². The van der Waals surface area contributed by atoms with Gasteiger partial charge in [-0.15, -0.1) is 0 Å². The van der Waals surface area contributed by atoms with Crippen LogP contribution in [-0.4, -0.2) is 53.5 Å². The van der Waals surface area contributed by atoms with Crippen molar-refractivity contribution in [3.63, 3.8) is 0 Å². The summed E-state index contributed by atoms with van der Waals surface area (Å²) < 4.78 is 0. The van der Waals surface area contributed by atoms with E-state index in [4.69, 9.17) is 5.73 Å². The summed E-state index contributed by atoms with van der Waals surface area (Å²) in [5, 5.41) is 3.19.